The Labute approximate surface area is 147 Å². The van der Waals surface area contributed by atoms with Crippen LogP contribution in [0.1, 0.15) is 18.6 Å². The molecule has 3 rings (SSSR count). The normalized spacial score (nSPS) is 17.9. The van der Waals surface area contributed by atoms with Crippen molar-refractivity contribution in [2.45, 2.75) is 19.1 Å². The van der Waals surface area contributed by atoms with Gasteiger partial charge < -0.3 is 10.0 Å². The number of nitro benzene ring substituents is 1. The lowest BCUT2D eigenvalue weighted by molar-refractivity contribution is -0.384. The van der Waals surface area contributed by atoms with Crippen molar-refractivity contribution in [1.82, 2.24) is 4.90 Å². The summed E-state index contributed by atoms with van der Waals surface area (Å²) in [6, 6.07) is 16.5. The van der Waals surface area contributed by atoms with Crippen LogP contribution in [0.2, 0.25) is 0 Å². The predicted molar refractivity (Wildman–Crippen MR) is 97.7 cm³/mol. The molecule has 6 heteroatoms. The molecular weight excluding hydrogens is 318 g/mol. The molecule has 1 aliphatic heterocycles. The van der Waals surface area contributed by atoms with Crippen LogP contribution < -0.4 is 4.90 Å². The number of non-ortho nitro benzene ring substituents is 1. The molecule has 0 saturated carbocycles. The monoisotopic (exact) mass is 341 g/mol. The lowest BCUT2D eigenvalue weighted by Gasteiger charge is -2.40. The van der Waals surface area contributed by atoms with E-state index < -0.39 is 6.10 Å². The van der Waals surface area contributed by atoms with E-state index in [0.717, 1.165) is 37.4 Å². The number of hydrogen-bond acceptors (Lipinski definition) is 5. The minimum absolute atomic E-state index is 0.0430. The minimum atomic E-state index is -0.507. The van der Waals surface area contributed by atoms with Gasteiger partial charge in [-0.2, -0.15) is 0 Å². The number of benzene rings is 2. The smallest absolute Gasteiger partial charge is 0.269 e. The fourth-order valence-corrected chi connectivity index (χ4v) is 3.30. The molecule has 2 aromatic carbocycles. The van der Waals surface area contributed by atoms with Crippen molar-refractivity contribution in [3.8, 4) is 0 Å². The summed E-state index contributed by atoms with van der Waals surface area (Å²) in [6.45, 7) is 5.43. The standard InChI is InChI=1S/C19H23N3O3/c1-15(19(23)16-5-3-2-4-6-16)20-11-13-21(14-12-20)17-7-9-18(10-8-17)22(24)25/h2-10,15,19,23H,11-14H2,1H3. The molecule has 0 aromatic heterocycles. The first-order valence-electron chi connectivity index (χ1n) is 8.53. The van der Waals surface area contributed by atoms with Gasteiger partial charge in [-0.3, -0.25) is 15.0 Å². The van der Waals surface area contributed by atoms with Crippen LogP contribution in [-0.2, 0) is 0 Å². The van der Waals surface area contributed by atoms with Crippen LogP contribution in [0.15, 0.2) is 54.6 Å². The maximum atomic E-state index is 10.7. The van der Waals surface area contributed by atoms with E-state index in [2.05, 4.69) is 16.7 Å². The second kappa shape index (κ2) is 7.63. The first-order chi connectivity index (χ1) is 12.1. The molecule has 0 aliphatic carbocycles. The van der Waals surface area contributed by atoms with E-state index in [-0.39, 0.29) is 16.7 Å². The molecule has 1 heterocycles. The summed E-state index contributed by atoms with van der Waals surface area (Å²) in [5, 5.41) is 21.3. The minimum Gasteiger partial charge on any atom is -0.387 e. The number of aliphatic hydroxyl groups is 1. The Bertz CT molecular complexity index is 698. The highest BCUT2D eigenvalue weighted by Crippen LogP contribution is 2.24. The highest BCUT2D eigenvalue weighted by molar-refractivity contribution is 5.51. The highest BCUT2D eigenvalue weighted by Gasteiger charge is 2.26. The fourth-order valence-electron chi connectivity index (χ4n) is 3.30. The molecule has 0 amide bonds. The van der Waals surface area contributed by atoms with Crippen molar-refractivity contribution < 1.29 is 10.0 Å². The van der Waals surface area contributed by atoms with E-state index in [1.165, 1.54) is 0 Å². The Balaban J connectivity index is 1.58. The van der Waals surface area contributed by atoms with Crippen LogP contribution in [0.25, 0.3) is 0 Å². The van der Waals surface area contributed by atoms with Gasteiger partial charge in [0, 0.05) is 50.0 Å². The molecule has 1 aliphatic rings. The number of nitrogens with zero attached hydrogens (tertiary/aromatic N) is 3. The largest absolute Gasteiger partial charge is 0.387 e. The Morgan fingerprint density at radius 2 is 1.60 bits per heavy atom. The van der Waals surface area contributed by atoms with Crippen molar-refractivity contribution in [2.75, 3.05) is 31.1 Å². The van der Waals surface area contributed by atoms with Crippen LogP contribution >= 0.6 is 0 Å². The molecule has 25 heavy (non-hydrogen) atoms. The summed E-state index contributed by atoms with van der Waals surface area (Å²) in [5.41, 5.74) is 2.05. The summed E-state index contributed by atoms with van der Waals surface area (Å²) < 4.78 is 0. The van der Waals surface area contributed by atoms with Gasteiger partial charge in [0.2, 0.25) is 0 Å². The fraction of sp³-hybridized carbons (Fsp3) is 0.368. The molecule has 1 saturated heterocycles. The Morgan fingerprint density at radius 3 is 2.16 bits per heavy atom. The summed E-state index contributed by atoms with van der Waals surface area (Å²) >= 11 is 0. The molecule has 2 atom stereocenters. The lowest BCUT2D eigenvalue weighted by atomic mass is 10.0. The third kappa shape index (κ3) is 3.97. The molecule has 0 radical (unpaired) electrons. The second-order valence-corrected chi connectivity index (χ2v) is 6.39. The van der Waals surface area contributed by atoms with Crippen LogP contribution in [0.3, 0.4) is 0 Å². The number of aliphatic hydroxyl groups excluding tert-OH is 1. The third-order valence-corrected chi connectivity index (χ3v) is 4.91. The zero-order valence-electron chi connectivity index (χ0n) is 14.3. The van der Waals surface area contributed by atoms with Crippen LogP contribution in [0, 0.1) is 10.1 Å². The molecule has 2 aromatic rings. The molecular formula is C19H23N3O3. The van der Waals surface area contributed by atoms with Gasteiger partial charge in [-0.15, -0.1) is 0 Å². The second-order valence-electron chi connectivity index (χ2n) is 6.39. The lowest BCUT2D eigenvalue weighted by Crippen LogP contribution is -2.51. The van der Waals surface area contributed by atoms with Crippen molar-refractivity contribution in [3.05, 3.63) is 70.3 Å². The molecule has 2 unspecified atom stereocenters. The van der Waals surface area contributed by atoms with Gasteiger partial charge in [-0.05, 0) is 24.6 Å². The van der Waals surface area contributed by atoms with Gasteiger partial charge in [0.05, 0.1) is 11.0 Å². The molecule has 1 N–H and O–H groups in total. The molecule has 0 spiro atoms. The maximum absolute atomic E-state index is 10.7. The van der Waals surface area contributed by atoms with Crippen molar-refractivity contribution >= 4 is 11.4 Å². The molecule has 6 nitrogen and oxygen atoms in total. The number of nitro groups is 1. The van der Waals surface area contributed by atoms with Gasteiger partial charge in [-0.1, -0.05) is 30.3 Å². The summed E-state index contributed by atoms with van der Waals surface area (Å²) in [7, 11) is 0. The van der Waals surface area contributed by atoms with Crippen LogP contribution in [0.4, 0.5) is 11.4 Å². The van der Waals surface area contributed by atoms with E-state index in [1.807, 2.05) is 30.3 Å². The topological polar surface area (TPSA) is 69.8 Å². The SMILES string of the molecule is CC(C(O)c1ccccc1)N1CCN(c2ccc([N+](=O)[O-])cc2)CC1. The quantitative estimate of drug-likeness (QED) is 0.669. The van der Waals surface area contributed by atoms with Gasteiger partial charge in [-0.25, -0.2) is 0 Å². The Kier molecular flexibility index (Phi) is 5.31. The van der Waals surface area contributed by atoms with E-state index in [1.54, 1.807) is 24.3 Å². The van der Waals surface area contributed by atoms with E-state index in [9.17, 15) is 15.2 Å². The van der Waals surface area contributed by atoms with Crippen molar-refractivity contribution in [3.63, 3.8) is 0 Å². The summed E-state index contributed by atoms with van der Waals surface area (Å²) in [4.78, 5) is 14.9. The zero-order chi connectivity index (χ0) is 17.8. The zero-order valence-corrected chi connectivity index (χ0v) is 14.3. The average Bonchev–Trinajstić information content (AvgIpc) is 2.67. The summed E-state index contributed by atoms with van der Waals surface area (Å²) in [5.74, 6) is 0. The molecule has 0 bridgehead atoms. The number of rotatable bonds is 5. The van der Waals surface area contributed by atoms with Gasteiger partial charge in [0.1, 0.15) is 0 Å². The Hall–Kier alpha value is -2.44. The van der Waals surface area contributed by atoms with Crippen LogP contribution in [0.5, 0.6) is 0 Å². The van der Waals surface area contributed by atoms with E-state index in [4.69, 9.17) is 0 Å². The average molecular weight is 341 g/mol. The summed E-state index contributed by atoms with van der Waals surface area (Å²) in [6.07, 6.45) is -0.507. The highest BCUT2D eigenvalue weighted by atomic mass is 16.6. The van der Waals surface area contributed by atoms with Crippen LogP contribution in [-0.4, -0.2) is 47.2 Å². The number of anilines is 1. The van der Waals surface area contributed by atoms with E-state index in [0.29, 0.717) is 0 Å². The predicted octanol–water partition coefficient (Wildman–Crippen LogP) is 2.84. The first-order valence-corrected chi connectivity index (χ1v) is 8.53. The van der Waals surface area contributed by atoms with Gasteiger partial charge in [0.25, 0.3) is 5.69 Å². The van der Waals surface area contributed by atoms with Gasteiger partial charge in [0.15, 0.2) is 0 Å². The van der Waals surface area contributed by atoms with Crippen molar-refractivity contribution in [1.29, 1.82) is 0 Å². The third-order valence-electron chi connectivity index (χ3n) is 4.91. The number of piperazine rings is 1. The van der Waals surface area contributed by atoms with Gasteiger partial charge >= 0.3 is 0 Å². The van der Waals surface area contributed by atoms with Crippen molar-refractivity contribution in [2.24, 2.45) is 0 Å². The van der Waals surface area contributed by atoms with E-state index >= 15 is 0 Å². The molecule has 1 fully saturated rings. The first kappa shape index (κ1) is 17.4. The number of hydrogen-bond donors (Lipinski definition) is 1. The molecule has 132 valence electrons. The Morgan fingerprint density at radius 1 is 1.00 bits per heavy atom. The maximum Gasteiger partial charge on any atom is 0.269 e.